The van der Waals surface area contributed by atoms with Gasteiger partial charge in [-0.15, -0.1) is 6.58 Å². The second-order valence-electron chi connectivity index (χ2n) is 4.42. The lowest BCUT2D eigenvalue weighted by Gasteiger charge is -2.20. The lowest BCUT2D eigenvalue weighted by molar-refractivity contribution is 0.260. The van der Waals surface area contributed by atoms with E-state index in [9.17, 15) is 12.8 Å². The van der Waals surface area contributed by atoms with Crippen molar-refractivity contribution in [1.82, 2.24) is 9.62 Å². The maximum Gasteiger partial charge on any atom is 0.246 e. The highest BCUT2D eigenvalue weighted by atomic mass is 32.2. The fourth-order valence-electron chi connectivity index (χ4n) is 1.84. The van der Waals surface area contributed by atoms with E-state index in [0.717, 1.165) is 10.8 Å². The minimum absolute atomic E-state index is 0.0154. The summed E-state index contributed by atoms with van der Waals surface area (Å²) in [7, 11) is -3.99. The first kappa shape index (κ1) is 17.8. The number of aliphatic hydroxyl groups excluding tert-OH is 1. The lowest BCUT2D eigenvalue weighted by atomic mass is 10.2. The minimum atomic E-state index is -3.99. The summed E-state index contributed by atoms with van der Waals surface area (Å²) in [6, 6.07) is 4.04. The Labute approximate surface area is 125 Å². The van der Waals surface area contributed by atoms with Gasteiger partial charge in [-0.25, -0.2) is 12.8 Å². The van der Waals surface area contributed by atoms with Gasteiger partial charge >= 0.3 is 0 Å². The van der Waals surface area contributed by atoms with Crippen LogP contribution in [0.15, 0.2) is 35.7 Å². The number of aliphatic hydroxyl groups is 1. The molecule has 0 saturated carbocycles. The largest absolute Gasteiger partial charge is 0.395 e. The van der Waals surface area contributed by atoms with Gasteiger partial charge in [-0.1, -0.05) is 19.1 Å². The van der Waals surface area contributed by atoms with Gasteiger partial charge in [-0.2, -0.15) is 4.31 Å². The predicted molar refractivity (Wildman–Crippen MR) is 79.8 cm³/mol. The first-order chi connectivity index (χ1) is 9.97. The Bertz CT molecular complexity index is 576. The Morgan fingerprint density at radius 2 is 2.19 bits per heavy atom. The van der Waals surface area contributed by atoms with Crippen molar-refractivity contribution in [3.8, 4) is 0 Å². The summed E-state index contributed by atoms with van der Waals surface area (Å²) in [4.78, 5) is -0.391. The van der Waals surface area contributed by atoms with E-state index in [2.05, 4.69) is 11.9 Å². The molecule has 1 rings (SSSR count). The van der Waals surface area contributed by atoms with Crippen molar-refractivity contribution in [2.24, 2.45) is 0 Å². The number of sulfonamides is 1. The highest BCUT2D eigenvalue weighted by Gasteiger charge is 2.26. The molecule has 5 nitrogen and oxygen atoms in total. The zero-order chi connectivity index (χ0) is 15.9. The summed E-state index contributed by atoms with van der Waals surface area (Å²) in [6.45, 7) is 6.18. The molecule has 0 atom stereocenters. The van der Waals surface area contributed by atoms with Crippen LogP contribution >= 0.6 is 0 Å². The zero-order valence-corrected chi connectivity index (χ0v) is 12.9. The van der Waals surface area contributed by atoms with Crippen molar-refractivity contribution in [2.75, 3.05) is 26.2 Å². The van der Waals surface area contributed by atoms with E-state index in [0.29, 0.717) is 12.1 Å². The summed E-state index contributed by atoms with van der Waals surface area (Å²) in [5.41, 5.74) is 0.672. The van der Waals surface area contributed by atoms with Crippen LogP contribution < -0.4 is 5.32 Å². The van der Waals surface area contributed by atoms with Crippen LogP contribution in [-0.2, 0) is 16.6 Å². The molecular weight excluding hydrogens is 295 g/mol. The molecule has 0 radical (unpaired) electrons. The van der Waals surface area contributed by atoms with E-state index < -0.39 is 20.7 Å². The average molecular weight is 316 g/mol. The predicted octanol–water partition coefficient (Wildman–Crippen LogP) is 1.10. The SMILES string of the molecule is C=CCN(CCO)S(=O)(=O)c1ccc(CNCC)cc1F. The quantitative estimate of drug-likeness (QED) is 0.670. The molecule has 118 valence electrons. The summed E-state index contributed by atoms with van der Waals surface area (Å²) in [6.07, 6.45) is 1.39. The zero-order valence-electron chi connectivity index (χ0n) is 12.0. The lowest BCUT2D eigenvalue weighted by Crippen LogP contribution is -2.34. The van der Waals surface area contributed by atoms with Crippen LogP contribution in [0, 0.1) is 5.82 Å². The Morgan fingerprint density at radius 1 is 1.48 bits per heavy atom. The van der Waals surface area contributed by atoms with Crippen molar-refractivity contribution < 1.29 is 17.9 Å². The van der Waals surface area contributed by atoms with Crippen molar-refractivity contribution >= 4 is 10.0 Å². The molecule has 0 bridgehead atoms. The van der Waals surface area contributed by atoms with Gasteiger partial charge in [-0.3, -0.25) is 0 Å². The Hall–Kier alpha value is -1.28. The normalized spacial score (nSPS) is 11.8. The van der Waals surface area contributed by atoms with Crippen LogP contribution in [0.5, 0.6) is 0 Å². The Balaban J connectivity index is 3.09. The van der Waals surface area contributed by atoms with Gasteiger partial charge in [0.25, 0.3) is 0 Å². The molecule has 2 N–H and O–H groups in total. The van der Waals surface area contributed by atoms with Gasteiger partial charge in [0, 0.05) is 19.6 Å². The van der Waals surface area contributed by atoms with Crippen LogP contribution in [0.2, 0.25) is 0 Å². The van der Waals surface area contributed by atoms with Crippen LogP contribution in [0.4, 0.5) is 4.39 Å². The molecule has 0 aliphatic rings. The number of nitrogens with zero attached hydrogens (tertiary/aromatic N) is 1. The summed E-state index contributed by atoms with van der Waals surface area (Å²) < 4.78 is 39.8. The van der Waals surface area contributed by atoms with E-state index in [1.807, 2.05) is 6.92 Å². The average Bonchev–Trinajstić information content (AvgIpc) is 2.44. The van der Waals surface area contributed by atoms with Crippen LogP contribution in [-0.4, -0.2) is 44.1 Å². The van der Waals surface area contributed by atoms with Crippen molar-refractivity contribution in [3.63, 3.8) is 0 Å². The molecule has 0 saturated heterocycles. The van der Waals surface area contributed by atoms with Crippen molar-refractivity contribution in [1.29, 1.82) is 0 Å². The number of benzene rings is 1. The van der Waals surface area contributed by atoms with E-state index in [1.165, 1.54) is 18.2 Å². The molecule has 0 aromatic heterocycles. The summed E-state index contributed by atoms with van der Waals surface area (Å²) in [5, 5.41) is 12.0. The van der Waals surface area contributed by atoms with E-state index in [4.69, 9.17) is 5.11 Å². The third-order valence-corrected chi connectivity index (χ3v) is 4.77. The van der Waals surface area contributed by atoms with Gasteiger partial charge < -0.3 is 10.4 Å². The summed E-state index contributed by atoms with van der Waals surface area (Å²) >= 11 is 0. The van der Waals surface area contributed by atoms with Crippen molar-refractivity contribution in [2.45, 2.75) is 18.4 Å². The third kappa shape index (κ3) is 4.60. The Kier molecular flexibility index (Phi) is 6.97. The number of rotatable bonds is 9. The standard InChI is InChI=1S/C14H21FN2O3S/c1-3-7-17(8-9-18)21(19,20)14-6-5-12(10-13(14)15)11-16-4-2/h3,5-6,10,16,18H,1,4,7-9,11H2,2H3. The second-order valence-corrected chi connectivity index (χ2v) is 6.33. The van der Waals surface area contributed by atoms with Crippen molar-refractivity contribution in [3.05, 3.63) is 42.2 Å². The molecule has 7 heteroatoms. The molecule has 0 unspecified atom stereocenters. The van der Waals surface area contributed by atoms with Gasteiger partial charge in [0.1, 0.15) is 10.7 Å². The molecule has 0 amide bonds. The van der Waals surface area contributed by atoms with Crippen LogP contribution in [0.3, 0.4) is 0 Å². The molecule has 0 aliphatic carbocycles. The maximum absolute atomic E-state index is 14.1. The Morgan fingerprint density at radius 3 is 2.71 bits per heavy atom. The van der Waals surface area contributed by atoms with Gasteiger partial charge in [0.15, 0.2) is 0 Å². The molecule has 1 aromatic rings. The summed E-state index contributed by atoms with van der Waals surface area (Å²) in [5.74, 6) is -0.794. The van der Waals surface area contributed by atoms with Crippen LogP contribution in [0.1, 0.15) is 12.5 Å². The molecule has 0 heterocycles. The molecule has 1 aromatic carbocycles. The second kappa shape index (κ2) is 8.23. The fourth-order valence-corrected chi connectivity index (χ4v) is 3.28. The number of halogens is 1. The third-order valence-electron chi connectivity index (χ3n) is 2.88. The van der Waals surface area contributed by atoms with E-state index in [1.54, 1.807) is 6.07 Å². The van der Waals surface area contributed by atoms with Crippen LogP contribution in [0.25, 0.3) is 0 Å². The number of hydrogen-bond acceptors (Lipinski definition) is 4. The number of nitrogens with one attached hydrogen (secondary N) is 1. The van der Waals surface area contributed by atoms with Gasteiger partial charge in [-0.05, 0) is 24.2 Å². The molecule has 0 fully saturated rings. The number of hydrogen-bond donors (Lipinski definition) is 2. The monoisotopic (exact) mass is 316 g/mol. The minimum Gasteiger partial charge on any atom is -0.395 e. The highest BCUT2D eigenvalue weighted by molar-refractivity contribution is 7.89. The first-order valence-electron chi connectivity index (χ1n) is 6.68. The van der Waals surface area contributed by atoms with E-state index >= 15 is 0 Å². The fraction of sp³-hybridized carbons (Fsp3) is 0.429. The molecule has 0 spiro atoms. The molecule has 0 aliphatic heterocycles. The first-order valence-corrected chi connectivity index (χ1v) is 8.12. The van der Waals surface area contributed by atoms with E-state index in [-0.39, 0.29) is 19.7 Å². The maximum atomic E-state index is 14.1. The van der Waals surface area contributed by atoms with Gasteiger partial charge in [0.05, 0.1) is 6.61 Å². The topological polar surface area (TPSA) is 69.6 Å². The van der Waals surface area contributed by atoms with Gasteiger partial charge in [0.2, 0.25) is 10.0 Å². The smallest absolute Gasteiger partial charge is 0.246 e. The highest BCUT2D eigenvalue weighted by Crippen LogP contribution is 2.20. The molecular formula is C14H21FN2O3S. The molecule has 21 heavy (non-hydrogen) atoms.